The monoisotopic (exact) mass is 369 g/mol. The Bertz CT molecular complexity index is 803. The highest BCUT2D eigenvalue weighted by Crippen LogP contribution is 2.28. The highest BCUT2D eigenvalue weighted by molar-refractivity contribution is 5.91. The molecule has 3 N–H and O–H groups in total. The van der Waals surface area contributed by atoms with Gasteiger partial charge in [0.1, 0.15) is 6.04 Å². The van der Waals surface area contributed by atoms with Crippen molar-refractivity contribution in [1.29, 1.82) is 0 Å². The molecule has 3 rings (SSSR count). The fourth-order valence-electron chi connectivity index (χ4n) is 4.23. The van der Waals surface area contributed by atoms with Crippen LogP contribution in [-0.4, -0.2) is 22.4 Å². The first-order chi connectivity index (χ1) is 13.0. The van der Waals surface area contributed by atoms with E-state index in [1.165, 1.54) is 37.6 Å². The van der Waals surface area contributed by atoms with Gasteiger partial charge in [-0.25, -0.2) is 0 Å². The Morgan fingerprint density at radius 3 is 2.56 bits per heavy atom. The van der Waals surface area contributed by atoms with E-state index in [4.69, 9.17) is 5.73 Å². The van der Waals surface area contributed by atoms with E-state index >= 15 is 0 Å². The molecule has 0 radical (unpaired) electrons. The molecule has 5 nitrogen and oxygen atoms in total. The fourth-order valence-corrected chi connectivity index (χ4v) is 4.23. The number of carbonyl (C=O) groups is 2. The van der Waals surface area contributed by atoms with Gasteiger partial charge in [-0.15, -0.1) is 0 Å². The standard InChI is InChI=1S/C22H31N3O2/c1-15(2)21(22(23)27)24-20(26)12-17-14-25(13-16-8-4-3-5-9-16)19-11-7-6-10-18(17)19/h6-7,10-11,14-16,21H,3-5,8-9,12-13H2,1-2H3,(H2,23,27)(H,24,26)/t21-/m0/s1. The van der Waals surface area contributed by atoms with Crippen molar-refractivity contribution in [3.8, 4) is 0 Å². The number of nitrogens with one attached hydrogen (secondary N) is 1. The molecule has 1 saturated carbocycles. The summed E-state index contributed by atoms with van der Waals surface area (Å²) < 4.78 is 2.31. The number of amides is 2. The average Bonchev–Trinajstić information content (AvgIpc) is 2.98. The summed E-state index contributed by atoms with van der Waals surface area (Å²) in [6.07, 6.45) is 8.95. The molecule has 2 amide bonds. The molecule has 1 aromatic carbocycles. The van der Waals surface area contributed by atoms with Crippen LogP contribution in [0.2, 0.25) is 0 Å². The van der Waals surface area contributed by atoms with Crippen LogP contribution in [0.1, 0.15) is 51.5 Å². The molecule has 1 aliphatic rings. The van der Waals surface area contributed by atoms with E-state index in [0.717, 1.165) is 23.4 Å². The highest BCUT2D eigenvalue weighted by atomic mass is 16.2. The summed E-state index contributed by atoms with van der Waals surface area (Å²) in [5.74, 6) is 0.0432. The maximum atomic E-state index is 12.5. The maximum absolute atomic E-state index is 12.5. The van der Waals surface area contributed by atoms with Crippen molar-refractivity contribution in [2.75, 3.05) is 0 Å². The van der Waals surface area contributed by atoms with E-state index in [0.29, 0.717) is 0 Å². The zero-order chi connectivity index (χ0) is 19.4. The third-order valence-corrected chi connectivity index (χ3v) is 5.69. The van der Waals surface area contributed by atoms with E-state index in [-0.39, 0.29) is 18.2 Å². The first-order valence-corrected chi connectivity index (χ1v) is 10.1. The van der Waals surface area contributed by atoms with Crippen molar-refractivity contribution >= 4 is 22.7 Å². The smallest absolute Gasteiger partial charge is 0.240 e. The summed E-state index contributed by atoms with van der Waals surface area (Å²) in [5, 5.41) is 3.91. The number of aromatic nitrogens is 1. The topological polar surface area (TPSA) is 77.1 Å². The first-order valence-electron chi connectivity index (χ1n) is 10.1. The number of rotatable bonds is 7. The second-order valence-corrected chi connectivity index (χ2v) is 8.20. The summed E-state index contributed by atoms with van der Waals surface area (Å²) in [6.45, 7) is 4.77. The fraction of sp³-hybridized carbons (Fsp3) is 0.545. The minimum absolute atomic E-state index is 0.0286. The maximum Gasteiger partial charge on any atom is 0.240 e. The predicted molar refractivity (Wildman–Crippen MR) is 108 cm³/mol. The second-order valence-electron chi connectivity index (χ2n) is 8.20. The van der Waals surface area contributed by atoms with Crippen molar-refractivity contribution in [1.82, 2.24) is 9.88 Å². The van der Waals surface area contributed by atoms with Gasteiger partial charge in [-0.2, -0.15) is 0 Å². The minimum Gasteiger partial charge on any atom is -0.368 e. The molecule has 146 valence electrons. The Balaban J connectivity index is 1.78. The predicted octanol–water partition coefficient (Wildman–Crippen LogP) is 3.39. The molecule has 0 aliphatic heterocycles. The zero-order valence-corrected chi connectivity index (χ0v) is 16.4. The summed E-state index contributed by atoms with van der Waals surface area (Å²) in [4.78, 5) is 24.1. The SMILES string of the molecule is CC(C)[C@H](NC(=O)Cc1cn(CC2CCCCC2)c2ccccc12)C(N)=O. The van der Waals surface area contributed by atoms with Gasteiger partial charge in [-0.3, -0.25) is 9.59 Å². The molecular weight excluding hydrogens is 338 g/mol. The van der Waals surface area contributed by atoms with E-state index in [9.17, 15) is 9.59 Å². The first kappa shape index (κ1) is 19.5. The van der Waals surface area contributed by atoms with Crippen molar-refractivity contribution in [2.24, 2.45) is 17.6 Å². The number of hydrogen-bond acceptors (Lipinski definition) is 2. The molecule has 1 aromatic heterocycles. The van der Waals surface area contributed by atoms with Crippen LogP contribution in [0, 0.1) is 11.8 Å². The summed E-state index contributed by atoms with van der Waals surface area (Å²) in [7, 11) is 0. The molecule has 0 unspecified atom stereocenters. The van der Waals surface area contributed by atoms with Crippen molar-refractivity contribution in [3.63, 3.8) is 0 Å². The van der Waals surface area contributed by atoms with E-state index in [2.05, 4.69) is 28.2 Å². The molecule has 0 bridgehead atoms. The highest BCUT2D eigenvalue weighted by Gasteiger charge is 2.23. The average molecular weight is 370 g/mol. The van der Waals surface area contributed by atoms with Crippen molar-refractivity contribution in [3.05, 3.63) is 36.0 Å². The third kappa shape index (κ3) is 4.71. The normalized spacial score (nSPS) is 16.6. The van der Waals surface area contributed by atoms with Crippen LogP contribution in [0.5, 0.6) is 0 Å². The number of carbonyl (C=O) groups excluding carboxylic acids is 2. The molecule has 0 spiro atoms. The Labute approximate surface area is 161 Å². The van der Waals surface area contributed by atoms with E-state index < -0.39 is 11.9 Å². The quantitative estimate of drug-likeness (QED) is 0.785. The zero-order valence-electron chi connectivity index (χ0n) is 16.4. The molecule has 5 heteroatoms. The van der Waals surface area contributed by atoms with Gasteiger partial charge in [0, 0.05) is 23.6 Å². The summed E-state index contributed by atoms with van der Waals surface area (Å²) >= 11 is 0. The number of benzene rings is 1. The van der Waals surface area contributed by atoms with Crippen LogP contribution in [0.3, 0.4) is 0 Å². The summed E-state index contributed by atoms with van der Waals surface area (Å²) in [6, 6.07) is 7.62. The Kier molecular flexibility index (Phi) is 6.19. The van der Waals surface area contributed by atoms with Gasteiger partial charge >= 0.3 is 0 Å². The Morgan fingerprint density at radius 1 is 1.19 bits per heavy atom. The molecule has 2 aromatic rings. The van der Waals surface area contributed by atoms with Gasteiger partial charge in [0.15, 0.2) is 0 Å². The van der Waals surface area contributed by atoms with Gasteiger partial charge in [0.05, 0.1) is 6.42 Å². The van der Waals surface area contributed by atoms with Gasteiger partial charge in [0.2, 0.25) is 11.8 Å². The lowest BCUT2D eigenvalue weighted by Crippen LogP contribution is -2.48. The number of nitrogens with two attached hydrogens (primary N) is 1. The number of primary amides is 1. The third-order valence-electron chi connectivity index (χ3n) is 5.69. The van der Waals surface area contributed by atoms with Crippen LogP contribution in [-0.2, 0) is 22.6 Å². The lowest BCUT2D eigenvalue weighted by molar-refractivity contribution is -0.127. The number of nitrogens with zero attached hydrogens (tertiary/aromatic N) is 1. The van der Waals surface area contributed by atoms with Gasteiger partial charge in [-0.1, -0.05) is 51.3 Å². The molecular formula is C22H31N3O2. The van der Waals surface area contributed by atoms with E-state index in [1.807, 2.05) is 26.0 Å². The lowest BCUT2D eigenvalue weighted by atomic mass is 9.89. The van der Waals surface area contributed by atoms with Crippen LogP contribution >= 0.6 is 0 Å². The van der Waals surface area contributed by atoms with Gasteiger partial charge < -0.3 is 15.6 Å². The molecule has 27 heavy (non-hydrogen) atoms. The van der Waals surface area contributed by atoms with Gasteiger partial charge in [0.25, 0.3) is 0 Å². The van der Waals surface area contributed by atoms with Crippen LogP contribution in [0.25, 0.3) is 10.9 Å². The van der Waals surface area contributed by atoms with Crippen LogP contribution in [0.4, 0.5) is 0 Å². The minimum atomic E-state index is -0.631. The Morgan fingerprint density at radius 2 is 1.89 bits per heavy atom. The number of hydrogen-bond donors (Lipinski definition) is 2. The number of fused-ring (bicyclic) bond motifs is 1. The molecule has 0 saturated heterocycles. The largest absolute Gasteiger partial charge is 0.368 e. The second kappa shape index (κ2) is 8.59. The Hall–Kier alpha value is -2.30. The summed E-state index contributed by atoms with van der Waals surface area (Å²) in [5.41, 5.74) is 7.61. The van der Waals surface area contributed by atoms with Crippen LogP contribution in [0.15, 0.2) is 30.5 Å². The molecule has 1 atom stereocenters. The lowest BCUT2D eigenvalue weighted by Gasteiger charge is -2.22. The van der Waals surface area contributed by atoms with Crippen LogP contribution < -0.4 is 11.1 Å². The van der Waals surface area contributed by atoms with Gasteiger partial charge in [-0.05, 0) is 36.3 Å². The van der Waals surface area contributed by atoms with Crippen molar-refractivity contribution < 1.29 is 9.59 Å². The molecule has 1 fully saturated rings. The molecule has 1 aliphatic carbocycles. The number of para-hydroxylation sites is 1. The van der Waals surface area contributed by atoms with Crippen molar-refractivity contribution in [2.45, 2.75) is 65.0 Å². The molecule has 1 heterocycles. The van der Waals surface area contributed by atoms with E-state index in [1.54, 1.807) is 0 Å².